The first kappa shape index (κ1) is 11.8. The highest BCUT2D eigenvalue weighted by Gasteiger charge is 2.36. The molecule has 1 rings (SSSR count). The zero-order valence-electron chi connectivity index (χ0n) is 10.3. The molecule has 14 heavy (non-hydrogen) atoms. The van der Waals surface area contributed by atoms with Crippen LogP contribution in [-0.4, -0.2) is 11.7 Å². The fraction of sp³-hybridized carbons (Fsp3) is 0.846. The van der Waals surface area contributed by atoms with Crippen LogP contribution in [0.4, 0.5) is 0 Å². The Labute approximate surface area is 88.5 Å². The number of allylic oxidation sites excluding steroid dienone is 1. The second kappa shape index (κ2) is 4.48. The summed E-state index contributed by atoms with van der Waals surface area (Å²) in [6.45, 7) is 11.0. The summed E-state index contributed by atoms with van der Waals surface area (Å²) < 4.78 is 6.14. The minimum absolute atomic E-state index is 0.105. The first-order valence-electron chi connectivity index (χ1n) is 5.80. The lowest BCUT2D eigenvalue weighted by molar-refractivity contribution is -0.114. The third kappa shape index (κ3) is 2.60. The van der Waals surface area contributed by atoms with E-state index in [1.807, 2.05) is 0 Å². The molecular formula is C13H24O. The van der Waals surface area contributed by atoms with E-state index in [2.05, 4.69) is 40.7 Å². The van der Waals surface area contributed by atoms with Gasteiger partial charge in [-0.25, -0.2) is 0 Å². The van der Waals surface area contributed by atoms with Crippen LogP contribution in [0.1, 0.15) is 53.9 Å². The summed E-state index contributed by atoms with van der Waals surface area (Å²) in [5.41, 5.74) is 1.63. The van der Waals surface area contributed by atoms with Crippen molar-refractivity contribution in [1.29, 1.82) is 0 Å². The molecule has 0 bridgehead atoms. The molecule has 0 aromatic carbocycles. The summed E-state index contributed by atoms with van der Waals surface area (Å²) in [5, 5.41) is 0. The van der Waals surface area contributed by atoms with Gasteiger partial charge in [-0.3, -0.25) is 0 Å². The van der Waals surface area contributed by atoms with E-state index in [9.17, 15) is 0 Å². The SMILES string of the molecule is CC1=CCC(OC(C)C)(C(C)C)CC1. The number of rotatable bonds is 3. The molecule has 0 saturated carbocycles. The van der Waals surface area contributed by atoms with Crippen molar-refractivity contribution in [2.45, 2.75) is 65.6 Å². The highest BCUT2D eigenvalue weighted by Crippen LogP contribution is 2.37. The molecule has 0 radical (unpaired) electrons. The largest absolute Gasteiger partial charge is 0.372 e. The quantitative estimate of drug-likeness (QED) is 0.621. The van der Waals surface area contributed by atoms with Gasteiger partial charge in [0.1, 0.15) is 0 Å². The van der Waals surface area contributed by atoms with Crippen LogP contribution in [0, 0.1) is 5.92 Å². The van der Waals surface area contributed by atoms with Gasteiger partial charge in [0.05, 0.1) is 11.7 Å². The lowest BCUT2D eigenvalue weighted by atomic mass is 9.78. The molecule has 0 aromatic rings. The monoisotopic (exact) mass is 196 g/mol. The first-order chi connectivity index (χ1) is 6.46. The lowest BCUT2D eigenvalue weighted by Gasteiger charge is -2.41. The molecule has 0 saturated heterocycles. The van der Waals surface area contributed by atoms with Crippen molar-refractivity contribution in [3.05, 3.63) is 11.6 Å². The van der Waals surface area contributed by atoms with Crippen LogP contribution in [0.5, 0.6) is 0 Å². The molecule has 1 aliphatic carbocycles. The molecule has 0 spiro atoms. The Hall–Kier alpha value is -0.300. The second-order valence-electron chi connectivity index (χ2n) is 5.14. The predicted molar refractivity (Wildman–Crippen MR) is 61.4 cm³/mol. The fourth-order valence-electron chi connectivity index (χ4n) is 2.20. The Bertz CT molecular complexity index is 215. The highest BCUT2D eigenvalue weighted by atomic mass is 16.5. The van der Waals surface area contributed by atoms with Crippen molar-refractivity contribution in [3.8, 4) is 0 Å². The molecule has 0 aliphatic heterocycles. The fourth-order valence-corrected chi connectivity index (χ4v) is 2.20. The van der Waals surface area contributed by atoms with Crippen LogP contribution in [0.3, 0.4) is 0 Å². The van der Waals surface area contributed by atoms with E-state index in [4.69, 9.17) is 4.74 Å². The maximum atomic E-state index is 6.14. The van der Waals surface area contributed by atoms with Crippen molar-refractivity contribution in [2.75, 3.05) is 0 Å². The Morgan fingerprint density at radius 2 is 1.93 bits per heavy atom. The van der Waals surface area contributed by atoms with Gasteiger partial charge < -0.3 is 4.74 Å². The third-order valence-corrected chi connectivity index (χ3v) is 3.26. The summed E-state index contributed by atoms with van der Waals surface area (Å²) in [7, 11) is 0. The zero-order chi connectivity index (χ0) is 10.8. The molecule has 0 fully saturated rings. The van der Waals surface area contributed by atoms with Gasteiger partial charge in [0.15, 0.2) is 0 Å². The van der Waals surface area contributed by atoms with Gasteiger partial charge in [-0.05, 0) is 46.0 Å². The van der Waals surface area contributed by atoms with Crippen LogP contribution >= 0.6 is 0 Å². The van der Waals surface area contributed by atoms with Gasteiger partial charge in [0.2, 0.25) is 0 Å². The average Bonchev–Trinajstić information content (AvgIpc) is 2.08. The van der Waals surface area contributed by atoms with Crippen molar-refractivity contribution in [3.63, 3.8) is 0 Å². The maximum absolute atomic E-state index is 6.14. The lowest BCUT2D eigenvalue weighted by Crippen LogP contribution is -2.41. The van der Waals surface area contributed by atoms with E-state index >= 15 is 0 Å². The summed E-state index contributed by atoms with van der Waals surface area (Å²) in [4.78, 5) is 0. The Balaban J connectivity index is 2.74. The van der Waals surface area contributed by atoms with Crippen LogP contribution in [-0.2, 0) is 4.74 Å². The molecule has 1 heteroatoms. The van der Waals surface area contributed by atoms with E-state index in [-0.39, 0.29) is 5.60 Å². The van der Waals surface area contributed by atoms with E-state index in [1.165, 1.54) is 18.4 Å². The second-order valence-corrected chi connectivity index (χ2v) is 5.14. The normalized spacial score (nSPS) is 28.4. The molecule has 0 N–H and O–H groups in total. The summed E-state index contributed by atoms with van der Waals surface area (Å²) >= 11 is 0. The standard InChI is InChI=1S/C13H24O/c1-10(2)13(14-11(3)4)8-6-12(5)7-9-13/h6,10-11H,7-9H2,1-5H3. The zero-order valence-corrected chi connectivity index (χ0v) is 10.3. The third-order valence-electron chi connectivity index (χ3n) is 3.26. The Morgan fingerprint density at radius 3 is 2.29 bits per heavy atom. The van der Waals surface area contributed by atoms with Gasteiger partial charge >= 0.3 is 0 Å². The maximum Gasteiger partial charge on any atom is 0.0746 e. The van der Waals surface area contributed by atoms with Crippen LogP contribution in [0.15, 0.2) is 11.6 Å². The number of hydrogen-bond donors (Lipinski definition) is 0. The molecule has 1 unspecified atom stereocenters. The van der Waals surface area contributed by atoms with E-state index in [0.29, 0.717) is 12.0 Å². The van der Waals surface area contributed by atoms with E-state index in [0.717, 1.165) is 6.42 Å². The minimum atomic E-state index is 0.105. The highest BCUT2D eigenvalue weighted by molar-refractivity contribution is 5.09. The van der Waals surface area contributed by atoms with Gasteiger partial charge in [0, 0.05) is 0 Å². The van der Waals surface area contributed by atoms with Crippen molar-refractivity contribution < 1.29 is 4.74 Å². The molecule has 1 aliphatic rings. The summed E-state index contributed by atoms with van der Waals surface area (Å²) in [5.74, 6) is 0.606. The van der Waals surface area contributed by atoms with Gasteiger partial charge in [-0.15, -0.1) is 0 Å². The van der Waals surface area contributed by atoms with Crippen molar-refractivity contribution in [2.24, 2.45) is 5.92 Å². The Kier molecular flexibility index (Phi) is 3.77. The number of ether oxygens (including phenoxy) is 1. The van der Waals surface area contributed by atoms with Crippen molar-refractivity contribution in [1.82, 2.24) is 0 Å². The average molecular weight is 196 g/mol. The smallest absolute Gasteiger partial charge is 0.0746 e. The van der Waals surface area contributed by atoms with E-state index in [1.54, 1.807) is 0 Å². The summed E-state index contributed by atoms with van der Waals surface area (Å²) in [6, 6.07) is 0. The van der Waals surface area contributed by atoms with Crippen LogP contribution < -0.4 is 0 Å². The minimum Gasteiger partial charge on any atom is -0.372 e. The topological polar surface area (TPSA) is 9.23 Å². The molecule has 0 heterocycles. The van der Waals surface area contributed by atoms with E-state index < -0.39 is 0 Å². The molecule has 0 amide bonds. The molecular weight excluding hydrogens is 172 g/mol. The Morgan fingerprint density at radius 1 is 1.29 bits per heavy atom. The van der Waals surface area contributed by atoms with Crippen molar-refractivity contribution >= 4 is 0 Å². The number of hydrogen-bond acceptors (Lipinski definition) is 1. The van der Waals surface area contributed by atoms with Gasteiger partial charge in [-0.1, -0.05) is 25.5 Å². The van der Waals surface area contributed by atoms with Crippen LogP contribution in [0.25, 0.3) is 0 Å². The molecule has 1 nitrogen and oxygen atoms in total. The van der Waals surface area contributed by atoms with Gasteiger partial charge in [0.25, 0.3) is 0 Å². The molecule has 82 valence electrons. The molecule has 0 aromatic heterocycles. The first-order valence-corrected chi connectivity index (χ1v) is 5.80. The molecule has 1 atom stereocenters. The summed E-state index contributed by atoms with van der Waals surface area (Å²) in [6.07, 6.45) is 6.17. The predicted octanol–water partition coefficient (Wildman–Crippen LogP) is 3.94. The van der Waals surface area contributed by atoms with Crippen LogP contribution in [0.2, 0.25) is 0 Å². The van der Waals surface area contributed by atoms with Gasteiger partial charge in [-0.2, -0.15) is 0 Å².